The van der Waals surface area contributed by atoms with E-state index in [1.807, 2.05) is 23.1 Å². The zero-order valence-corrected chi connectivity index (χ0v) is 17.1. The molecule has 0 aromatic heterocycles. The van der Waals surface area contributed by atoms with E-state index in [2.05, 4.69) is 13.8 Å². The first-order chi connectivity index (χ1) is 12.6. The molecule has 1 amide bonds. The van der Waals surface area contributed by atoms with Crippen LogP contribution in [0.4, 0.5) is 5.69 Å². The average Bonchev–Trinajstić information content (AvgIpc) is 2.65. The third kappa shape index (κ3) is 6.36. The van der Waals surface area contributed by atoms with Gasteiger partial charge >= 0.3 is 0 Å². The van der Waals surface area contributed by atoms with Gasteiger partial charge < -0.3 is 20.1 Å². The van der Waals surface area contributed by atoms with Gasteiger partial charge in [0.25, 0.3) is 5.91 Å². The molecule has 0 saturated carbocycles. The lowest BCUT2D eigenvalue weighted by molar-refractivity contribution is 0.0743. The van der Waals surface area contributed by atoms with Gasteiger partial charge in [-0.25, -0.2) is 0 Å². The third-order valence-electron chi connectivity index (χ3n) is 3.98. The van der Waals surface area contributed by atoms with Gasteiger partial charge in [-0.1, -0.05) is 26.0 Å². The molecule has 0 heterocycles. The second-order valence-corrected chi connectivity index (χ2v) is 6.19. The number of hydrogen-bond donors (Lipinski definition) is 1. The summed E-state index contributed by atoms with van der Waals surface area (Å²) in [5, 5.41) is 0. The molecule has 148 valence electrons. The number of anilines is 1. The molecule has 6 heteroatoms. The smallest absolute Gasteiger partial charge is 0.254 e. The lowest BCUT2D eigenvalue weighted by atomic mass is 10.1. The Labute approximate surface area is 167 Å². The Morgan fingerprint density at radius 2 is 1.85 bits per heavy atom. The minimum atomic E-state index is -0.0237. The first kappa shape index (κ1) is 22.6. The summed E-state index contributed by atoms with van der Waals surface area (Å²) in [5.74, 6) is 1.38. The number of amides is 1. The summed E-state index contributed by atoms with van der Waals surface area (Å²) < 4.78 is 11.1. The van der Waals surface area contributed by atoms with Gasteiger partial charge in [0.05, 0.1) is 13.7 Å². The predicted molar refractivity (Wildman–Crippen MR) is 112 cm³/mol. The maximum atomic E-state index is 12.9. The first-order valence-electron chi connectivity index (χ1n) is 9.03. The quantitative estimate of drug-likeness (QED) is 0.636. The van der Waals surface area contributed by atoms with Crippen LogP contribution in [0.1, 0.15) is 42.6 Å². The molecule has 0 aliphatic rings. The van der Waals surface area contributed by atoms with E-state index in [-0.39, 0.29) is 18.3 Å². The first-order valence-corrected chi connectivity index (χ1v) is 9.03. The summed E-state index contributed by atoms with van der Waals surface area (Å²) in [6.45, 7) is 5.94. The molecule has 0 aliphatic carbocycles. The van der Waals surface area contributed by atoms with E-state index in [1.165, 1.54) is 0 Å². The van der Waals surface area contributed by atoms with Crippen molar-refractivity contribution in [3.63, 3.8) is 0 Å². The number of nitrogens with zero attached hydrogens (tertiary/aromatic N) is 1. The van der Waals surface area contributed by atoms with Crippen LogP contribution in [0, 0.1) is 0 Å². The van der Waals surface area contributed by atoms with Crippen LogP contribution in [0.15, 0.2) is 42.5 Å². The summed E-state index contributed by atoms with van der Waals surface area (Å²) >= 11 is 0. The van der Waals surface area contributed by atoms with Crippen molar-refractivity contribution in [2.75, 3.05) is 26.0 Å². The Hall–Kier alpha value is -2.40. The van der Waals surface area contributed by atoms with Crippen LogP contribution in [0.2, 0.25) is 0 Å². The number of rotatable bonds is 9. The van der Waals surface area contributed by atoms with E-state index < -0.39 is 0 Å². The molecule has 0 radical (unpaired) electrons. The molecule has 0 fully saturated rings. The normalized spacial score (nSPS) is 10.0. The Bertz CT molecular complexity index is 737. The molecule has 2 aromatic carbocycles. The lowest BCUT2D eigenvalue weighted by Gasteiger charge is -2.23. The van der Waals surface area contributed by atoms with Crippen molar-refractivity contribution in [3.8, 4) is 11.5 Å². The Balaban J connectivity index is 0.00000364. The molecular formula is C21H29ClN2O3. The van der Waals surface area contributed by atoms with Crippen LogP contribution >= 0.6 is 12.4 Å². The van der Waals surface area contributed by atoms with Gasteiger partial charge in [-0.05, 0) is 48.7 Å². The number of hydrogen-bond acceptors (Lipinski definition) is 4. The number of benzene rings is 2. The molecule has 0 saturated heterocycles. The van der Waals surface area contributed by atoms with Crippen LogP contribution in [0.3, 0.4) is 0 Å². The van der Waals surface area contributed by atoms with Crippen molar-refractivity contribution in [2.24, 2.45) is 0 Å². The van der Waals surface area contributed by atoms with Gasteiger partial charge in [-0.2, -0.15) is 0 Å². The van der Waals surface area contributed by atoms with Crippen LogP contribution in [-0.2, 0) is 6.54 Å². The number of nitrogen functional groups attached to an aromatic ring is 1. The molecule has 2 rings (SSSR count). The van der Waals surface area contributed by atoms with Crippen molar-refractivity contribution >= 4 is 24.0 Å². The number of halogens is 1. The maximum absolute atomic E-state index is 12.9. The standard InChI is InChI=1S/C21H28N2O3.ClH/c1-4-11-23(21(24)17-7-6-8-18(22)14-17)15-16-9-10-19(26-12-5-2)20(13-16)25-3;/h6-10,13-14H,4-5,11-12,15,22H2,1-3H3;1H. The van der Waals surface area contributed by atoms with E-state index >= 15 is 0 Å². The second-order valence-electron chi connectivity index (χ2n) is 6.19. The average molecular weight is 393 g/mol. The van der Waals surface area contributed by atoms with Crippen molar-refractivity contribution < 1.29 is 14.3 Å². The van der Waals surface area contributed by atoms with Crippen molar-refractivity contribution in [1.29, 1.82) is 0 Å². The zero-order valence-electron chi connectivity index (χ0n) is 16.2. The van der Waals surface area contributed by atoms with Crippen LogP contribution < -0.4 is 15.2 Å². The van der Waals surface area contributed by atoms with Crippen LogP contribution in [0.25, 0.3) is 0 Å². The van der Waals surface area contributed by atoms with E-state index in [0.717, 1.165) is 24.2 Å². The fraction of sp³-hybridized carbons (Fsp3) is 0.381. The largest absolute Gasteiger partial charge is 0.493 e. The van der Waals surface area contributed by atoms with Gasteiger partial charge in [0.1, 0.15) is 0 Å². The molecule has 2 N–H and O–H groups in total. The number of nitrogens with two attached hydrogens (primary N) is 1. The highest BCUT2D eigenvalue weighted by atomic mass is 35.5. The van der Waals surface area contributed by atoms with Gasteiger partial charge in [0.15, 0.2) is 11.5 Å². The molecule has 27 heavy (non-hydrogen) atoms. The highest BCUT2D eigenvalue weighted by Gasteiger charge is 2.17. The highest BCUT2D eigenvalue weighted by molar-refractivity contribution is 5.95. The Kier molecular flexibility index (Phi) is 9.51. The number of ether oxygens (including phenoxy) is 2. The van der Waals surface area contributed by atoms with Gasteiger partial charge in [0.2, 0.25) is 0 Å². The number of carbonyl (C=O) groups excluding carboxylic acids is 1. The number of carbonyl (C=O) groups is 1. The van der Waals surface area contributed by atoms with E-state index in [9.17, 15) is 4.79 Å². The molecule has 0 bridgehead atoms. The zero-order chi connectivity index (χ0) is 18.9. The minimum Gasteiger partial charge on any atom is -0.493 e. The molecule has 0 spiro atoms. The van der Waals surface area contributed by atoms with Crippen molar-refractivity contribution in [1.82, 2.24) is 4.90 Å². The summed E-state index contributed by atoms with van der Waals surface area (Å²) in [7, 11) is 1.62. The van der Waals surface area contributed by atoms with Crippen LogP contribution in [0.5, 0.6) is 11.5 Å². The topological polar surface area (TPSA) is 64.8 Å². The minimum absolute atomic E-state index is 0. The summed E-state index contributed by atoms with van der Waals surface area (Å²) in [6.07, 6.45) is 1.81. The monoisotopic (exact) mass is 392 g/mol. The SMILES string of the molecule is CCCOc1ccc(CN(CCC)C(=O)c2cccc(N)c2)cc1OC.Cl. The van der Waals surface area contributed by atoms with Gasteiger partial charge in [-0.15, -0.1) is 12.4 Å². The fourth-order valence-electron chi connectivity index (χ4n) is 2.74. The highest BCUT2D eigenvalue weighted by Crippen LogP contribution is 2.29. The molecule has 0 unspecified atom stereocenters. The summed E-state index contributed by atoms with van der Waals surface area (Å²) in [6, 6.07) is 12.9. The molecule has 0 aliphatic heterocycles. The predicted octanol–water partition coefficient (Wildman–Crippen LogP) is 4.54. The van der Waals surface area contributed by atoms with E-state index in [0.29, 0.717) is 36.7 Å². The van der Waals surface area contributed by atoms with Crippen LogP contribution in [-0.4, -0.2) is 31.1 Å². The fourth-order valence-corrected chi connectivity index (χ4v) is 2.74. The van der Waals surface area contributed by atoms with Gasteiger partial charge in [-0.3, -0.25) is 4.79 Å². The second kappa shape index (κ2) is 11.3. The number of methoxy groups -OCH3 is 1. The summed E-state index contributed by atoms with van der Waals surface area (Å²) in [4.78, 5) is 14.7. The lowest BCUT2D eigenvalue weighted by Crippen LogP contribution is -2.31. The maximum Gasteiger partial charge on any atom is 0.254 e. The third-order valence-corrected chi connectivity index (χ3v) is 3.98. The molecule has 5 nitrogen and oxygen atoms in total. The Morgan fingerprint density at radius 1 is 1.07 bits per heavy atom. The molecular weight excluding hydrogens is 364 g/mol. The molecule has 0 atom stereocenters. The van der Waals surface area contributed by atoms with Crippen molar-refractivity contribution in [3.05, 3.63) is 53.6 Å². The Morgan fingerprint density at radius 3 is 2.48 bits per heavy atom. The summed E-state index contributed by atoms with van der Waals surface area (Å²) in [5.41, 5.74) is 8.01. The van der Waals surface area contributed by atoms with E-state index in [4.69, 9.17) is 15.2 Å². The van der Waals surface area contributed by atoms with Gasteiger partial charge in [0, 0.05) is 24.3 Å². The molecule has 2 aromatic rings. The van der Waals surface area contributed by atoms with Crippen molar-refractivity contribution in [2.45, 2.75) is 33.2 Å². The van der Waals surface area contributed by atoms with E-state index in [1.54, 1.807) is 31.4 Å².